The highest BCUT2D eigenvalue weighted by molar-refractivity contribution is 6.08. The van der Waals surface area contributed by atoms with Crippen LogP contribution in [0.15, 0.2) is 104 Å². The SMILES string of the molecule is CN(CCn1ccnc1)C(=O)c1cccc(C(=O)Nc2ccc(N3CCCCC3)cc2-c2cc(C(=O)NCc3cccc(C(F)(F)F)c3)ccn2)c1. The molecule has 1 aliphatic rings. The number of carbonyl (C=O) groups is 3. The molecule has 0 unspecified atom stereocenters. The maximum atomic E-state index is 13.7. The fourth-order valence-electron chi connectivity index (χ4n) is 6.06. The van der Waals surface area contributed by atoms with E-state index in [2.05, 4.69) is 25.5 Å². The zero-order valence-electron chi connectivity index (χ0n) is 28.6. The number of piperidine rings is 1. The van der Waals surface area contributed by atoms with Gasteiger partial charge in [-0.25, -0.2) is 4.98 Å². The minimum absolute atomic E-state index is 0.103. The van der Waals surface area contributed by atoms with Gasteiger partial charge in [0.05, 0.1) is 23.3 Å². The Morgan fingerprint density at radius 3 is 2.38 bits per heavy atom. The molecule has 1 saturated heterocycles. The van der Waals surface area contributed by atoms with Crippen molar-refractivity contribution in [2.24, 2.45) is 0 Å². The standard InChI is InChI=1S/C39H38F3N7O3/c1-47(19-20-48-18-15-43-26-48)38(52)30-9-6-8-28(22-30)37(51)46-34-12-11-32(49-16-3-2-4-17-49)24-33(34)35-23-29(13-14-44-35)36(50)45-25-27-7-5-10-31(21-27)39(40,41)42/h5-15,18,21-24,26H,2-4,16-17,19-20,25H2,1H3,(H,45,50)(H,46,51). The van der Waals surface area contributed by atoms with Crippen LogP contribution in [-0.2, 0) is 19.3 Å². The Hall–Kier alpha value is -5.98. The molecule has 0 spiro atoms. The van der Waals surface area contributed by atoms with Crippen LogP contribution in [0, 0.1) is 0 Å². The largest absolute Gasteiger partial charge is 0.416 e. The lowest BCUT2D eigenvalue weighted by Gasteiger charge is -2.29. The molecule has 2 N–H and O–H groups in total. The van der Waals surface area contributed by atoms with Crippen LogP contribution < -0.4 is 15.5 Å². The van der Waals surface area contributed by atoms with Gasteiger partial charge in [0.2, 0.25) is 0 Å². The molecule has 0 atom stereocenters. The van der Waals surface area contributed by atoms with Crippen molar-refractivity contribution < 1.29 is 27.6 Å². The van der Waals surface area contributed by atoms with Gasteiger partial charge in [0.15, 0.2) is 0 Å². The van der Waals surface area contributed by atoms with Gasteiger partial charge < -0.3 is 25.0 Å². The molecule has 0 radical (unpaired) electrons. The molecule has 10 nitrogen and oxygen atoms in total. The fourth-order valence-corrected chi connectivity index (χ4v) is 6.06. The minimum Gasteiger partial charge on any atom is -0.372 e. The molecular formula is C39H38F3N7O3. The van der Waals surface area contributed by atoms with E-state index in [0.717, 1.165) is 50.2 Å². The van der Waals surface area contributed by atoms with Gasteiger partial charge in [-0.15, -0.1) is 0 Å². The molecule has 0 aliphatic carbocycles. The van der Waals surface area contributed by atoms with Crippen molar-refractivity contribution in [1.82, 2.24) is 24.8 Å². The molecule has 1 fully saturated rings. The van der Waals surface area contributed by atoms with E-state index in [0.29, 0.717) is 41.2 Å². The van der Waals surface area contributed by atoms with E-state index in [1.165, 1.54) is 24.4 Å². The van der Waals surface area contributed by atoms with Crippen molar-refractivity contribution in [3.63, 3.8) is 0 Å². The van der Waals surface area contributed by atoms with Gasteiger partial charge in [-0.1, -0.05) is 18.2 Å². The third kappa shape index (κ3) is 8.84. The van der Waals surface area contributed by atoms with E-state index in [4.69, 9.17) is 0 Å². The second kappa shape index (κ2) is 15.9. The molecule has 13 heteroatoms. The Labute approximate surface area is 299 Å². The first-order valence-electron chi connectivity index (χ1n) is 17.0. The van der Waals surface area contributed by atoms with Gasteiger partial charge in [0.25, 0.3) is 17.7 Å². The summed E-state index contributed by atoms with van der Waals surface area (Å²) in [4.78, 5) is 52.5. The molecule has 3 aromatic carbocycles. The van der Waals surface area contributed by atoms with Gasteiger partial charge in [0.1, 0.15) is 0 Å². The number of carbonyl (C=O) groups excluding carboxylic acids is 3. The highest BCUT2D eigenvalue weighted by atomic mass is 19.4. The number of benzene rings is 3. The Kier molecular flexibility index (Phi) is 11.0. The highest BCUT2D eigenvalue weighted by Gasteiger charge is 2.30. The summed E-state index contributed by atoms with van der Waals surface area (Å²) in [5, 5.41) is 5.68. The Morgan fingerprint density at radius 1 is 0.846 bits per heavy atom. The number of halogens is 3. The second-order valence-corrected chi connectivity index (χ2v) is 12.7. The third-order valence-electron chi connectivity index (χ3n) is 8.95. The van der Waals surface area contributed by atoms with Gasteiger partial charge in [-0.3, -0.25) is 19.4 Å². The molecule has 3 amide bonds. The zero-order valence-corrected chi connectivity index (χ0v) is 28.6. The molecule has 52 heavy (non-hydrogen) atoms. The number of hydrogen-bond donors (Lipinski definition) is 2. The molecular weight excluding hydrogens is 671 g/mol. The van der Waals surface area contributed by atoms with Crippen LogP contribution in [0.2, 0.25) is 0 Å². The van der Waals surface area contributed by atoms with Crippen LogP contribution in [-0.4, -0.2) is 63.8 Å². The van der Waals surface area contributed by atoms with E-state index < -0.39 is 23.6 Å². The van der Waals surface area contributed by atoms with Crippen LogP contribution in [0.3, 0.4) is 0 Å². The monoisotopic (exact) mass is 709 g/mol. The first-order chi connectivity index (χ1) is 25.0. The van der Waals surface area contributed by atoms with E-state index in [1.54, 1.807) is 60.9 Å². The summed E-state index contributed by atoms with van der Waals surface area (Å²) in [7, 11) is 1.70. The van der Waals surface area contributed by atoms with E-state index >= 15 is 0 Å². The molecule has 0 bridgehead atoms. The number of imidazole rings is 1. The van der Waals surface area contributed by atoms with Gasteiger partial charge in [-0.05, 0) is 85.5 Å². The molecule has 5 aromatic rings. The zero-order chi connectivity index (χ0) is 36.7. The molecule has 2 aromatic heterocycles. The van der Waals surface area contributed by atoms with Gasteiger partial charge in [0, 0.05) is 86.3 Å². The normalized spacial score (nSPS) is 13.0. The molecule has 6 rings (SSSR count). The summed E-state index contributed by atoms with van der Waals surface area (Å²) in [5.41, 5.74) is 2.82. The van der Waals surface area contributed by atoms with Crippen molar-refractivity contribution in [3.8, 4) is 11.3 Å². The van der Waals surface area contributed by atoms with Crippen LogP contribution in [0.5, 0.6) is 0 Å². The number of amides is 3. The van der Waals surface area contributed by atoms with Crippen molar-refractivity contribution in [2.75, 3.05) is 36.9 Å². The third-order valence-corrected chi connectivity index (χ3v) is 8.95. The summed E-state index contributed by atoms with van der Waals surface area (Å²) in [6.07, 6.45) is 5.43. The average Bonchev–Trinajstić information content (AvgIpc) is 3.70. The lowest BCUT2D eigenvalue weighted by Crippen LogP contribution is -2.30. The number of rotatable bonds is 11. The molecule has 268 valence electrons. The molecule has 3 heterocycles. The lowest BCUT2D eigenvalue weighted by atomic mass is 10.0. The van der Waals surface area contributed by atoms with E-state index in [-0.39, 0.29) is 23.6 Å². The predicted octanol–water partition coefficient (Wildman–Crippen LogP) is 6.91. The lowest BCUT2D eigenvalue weighted by molar-refractivity contribution is -0.137. The number of likely N-dealkylation sites (N-methyl/N-ethyl adjacent to an activating group) is 1. The quantitative estimate of drug-likeness (QED) is 0.154. The minimum atomic E-state index is -4.49. The van der Waals surface area contributed by atoms with Gasteiger partial charge in [-0.2, -0.15) is 13.2 Å². The summed E-state index contributed by atoms with van der Waals surface area (Å²) in [6, 6.07) is 20.1. The van der Waals surface area contributed by atoms with Crippen LogP contribution in [0.1, 0.15) is 61.5 Å². The number of aromatic nitrogens is 3. The topological polar surface area (TPSA) is 112 Å². The number of nitrogens with zero attached hydrogens (tertiary/aromatic N) is 5. The highest BCUT2D eigenvalue weighted by Crippen LogP contribution is 2.33. The van der Waals surface area contributed by atoms with Gasteiger partial charge >= 0.3 is 6.18 Å². The van der Waals surface area contributed by atoms with Crippen molar-refractivity contribution in [2.45, 2.75) is 38.5 Å². The number of hydrogen-bond acceptors (Lipinski definition) is 6. The van der Waals surface area contributed by atoms with Crippen LogP contribution in [0.25, 0.3) is 11.3 Å². The molecule has 1 aliphatic heterocycles. The number of alkyl halides is 3. The van der Waals surface area contributed by atoms with E-state index in [1.807, 2.05) is 22.9 Å². The Bertz CT molecular complexity index is 2040. The summed E-state index contributed by atoms with van der Waals surface area (Å²) >= 11 is 0. The smallest absolute Gasteiger partial charge is 0.372 e. The first-order valence-corrected chi connectivity index (χ1v) is 17.0. The molecule has 0 saturated carbocycles. The maximum Gasteiger partial charge on any atom is 0.416 e. The second-order valence-electron chi connectivity index (χ2n) is 12.7. The van der Waals surface area contributed by atoms with Crippen LogP contribution in [0.4, 0.5) is 24.5 Å². The summed E-state index contributed by atoms with van der Waals surface area (Å²) in [5.74, 6) is -1.15. The van der Waals surface area contributed by atoms with E-state index in [9.17, 15) is 27.6 Å². The van der Waals surface area contributed by atoms with Crippen LogP contribution >= 0.6 is 0 Å². The fraction of sp³-hybridized carbons (Fsp3) is 0.256. The summed E-state index contributed by atoms with van der Waals surface area (Å²) in [6.45, 7) is 2.69. The Balaban J connectivity index is 1.22. The van der Waals surface area contributed by atoms with Crippen molar-refractivity contribution in [1.29, 1.82) is 0 Å². The Morgan fingerprint density at radius 2 is 1.62 bits per heavy atom. The van der Waals surface area contributed by atoms with Crippen molar-refractivity contribution in [3.05, 3.63) is 132 Å². The number of pyridine rings is 1. The number of anilines is 2. The summed E-state index contributed by atoms with van der Waals surface area (Å²) < 4.78 is 41.5. The van der Waals surface area contributed by atoms with Crippen molar-refractivity contribution >= 4 is 29.1 Å². The number of nitrogens with one attached hydrogen (secondary N) is 2. The predicted molar refractivity (Wildman–Crippen MR) is 192 cm³/mol. The first kappa shape index (κ1) is 35.8. The maximum absolute atomic E-state index is 13.7. The average molecular weight is 710 g/mol.